The van der Waals surface area contributed by atoms with E-state index in [1.807, 2.05) is 0 Å². The van der Waals surface area contributed by atoms with Gasteiger partial charge in [-0.1, -0.05) is 18.6 Å². The number of hydrogen-bond acceptors (Lipinski definition) is 0. The normalized spacial score (nSPS) is 29.8. The van der Waals surface area contributed by atoms with Crippen molar-refractivity contribution in [3.63, 3.8) is 0 Å². The highest BCUT2D eigenvalue weighted by Crippen LogP contribution is 2.48. The summed E-state index contributed by atoms with van der Waals surface area (Å²) in [5.74, 6) is 0.480. The minimum atomic E-state index is 0.264. The molecule has 2 heteroatoms. The Hall–Kier alpha value is -0.533. The van der Waals surface area contributed by atoms with E-state index in [9.17, 15) is 0 Å². The number of allylic oxidation sites excluding steroid dienone is 2. The third-order valence-corrected chi connectivity index (χ3v) is 6.14. The smallest absolute Gasteiger partial charge is 0.0442 e. The third-order valence-electron chi connectivity index (χ3n) is 4.87. The number of benzene rings is 1. The van der Waals surface area contributed by atoms with Crippen LogP contribution >= 0.6 is 11.6 Å². The molecule has 18 heavy (non-hydrogen) atoms. The average Bonchev–Trinajstić information content (AvgIpc) is 2.72. The summed E-state index contributed by atoms with van der Waals surface area (Å²) in [6, 6.07) is 2.38. The Kier molecular flexibility index (Phi) is 2.76. The van der Waals surface area contributed by atoms with Crippen LogP contribution in [0.1, 0.15) is 60.0 Å². The summed E-state index contributed by atoms with van der Waals surface area (Å²) < 4.78 is 0. The lowest BCUT2D eigenvalue weighted by Crippen LogP contribution is -2.04. The molecule has 0 saturated heterocycles. The highest BCUT2D eigenvalue weighted by atomic mass is 35.5. The van der Waals surface area contributed by atoms with E-state index < -0.39 is 0 Å². The van der Waals surface area contributed by atoms with E-state index in [0.29, 0.717) is 11.5 Å². The first-order chi connectivity index (χ1) is 8.43. The highest BCUT2D eigenvalue weighted by Gasteiger charge is 2.34. The molecule has 0 heterocycles. The zero-order chi connectivity index (χ0) is 13.2. The Labute approximate surface area is 118 Å². The van der Waals surface area contributed by atoms with E-state index in [2.05, 4.69) is 44.0 Å². The summed E-state index contributed by atoms with van der Waals surface area (Å²) in [6.45, 7) is 9.00. The van der Waals surface area contributed by atoms with Gasteiger partial charge in [0.25, 0.3) is 0 Å². The molecule has 0 spiro atoms. The molecule has 2 aliphatic rings. The Morgan fingerprint density at radius 1 is 1.28 bits per heavy atom. The first-order valence-electron chi connectivity index (χ1n) is 6.62. The summed E-state index contributed by atoms with van der Waals surface area (Å²) in [5.41, 5.74) is 10.6. The van der Waals surface area contributed by atoms with Crippen molar-refractivity contribution in [1.29, 1.82) is 0 Å². The van der Waals surface area contributed by atoms with Crippen molar-refractivity contribution in [2.45, 2.75) is 51.0 Å². The number of hydrogen-bond donors (Lipinski definition) is 0. The standard InChI is InChI=1S/C16H18ClSi/c1-7-8(2)16(18)12-5-11-6-13(17)9(3)14(11)10(4)15(7)12/h5,9,13,16H,6H2,1-4H3. The van der Waals surface area contributed by atoms with Crippen LogP contribution in [0, 0.1) is 6.92 Å². The van der Waals surface area contributed by atoms with Gasteiger partial charge >= 0.3 is 0 Å². The molecule has 1 aromatic rings. The second-order valence-electron chi connectivity index (χ2n) is 5.79. The highest BCUT2D eigenvalue weighted by molar-refractivity contribution is 6.21. The molecule has 0 aliphatic heterocycles. The lowest BCUT2D eigenvalue weighted by Gasteiger charge is -2.17. The largest absolute Gasteiger partial charge is 0.122 e. The molecule has 3 radical (unpaired) electrons. The van der Waals surface area contributed by atoms with Gasteiger partial charge in [-0.15, -0.1) is 11.6 Å². The van der Waals surface area contributed by atoms with Crippen molar-refractivity contribution in [2.75, 3.05) is 0 Å². The van der Waals surface area contributed by atoms with Crippen molar-refractivity contribution >= 4 is 27.4 Å². The summed E-state index contributed by atoms with van der Waals surface area (Å²) >= 11 is 6.44. The van der Waals surface area contributed by atoms with Crippen molar-refractivity contribution < 1.29 is 0 Å². The van der Waals surface area contributed by atoms with Gasteiger partial charge in [-0.25, -0.2) is 0 Å². The lowest BCUT2D eigenvalue weighted by atomic mass is 9.90. The monoisotopic (exact) mass is 273 g/mol. The van der Waals surface area contributed by atoms with Crippen LogP contribution in [0.2, 0.25) is 0 Å². The minimum Gasteiger partial charge on any atom is -0.122 e. The Morgan fingerprint density at radius 2 is 1.94 bits per heavy atom. The first-order valence-corrected chi connectivity index (χ1v) is 7.64. The second kappa shape index (κ2) is 3.98. The quantitative estimate of drug-likeness (QED) is 0.489. The molecule has 0 amide bonds. The van der Waals surface area contributed by atoms with Crippen LogP contribution in [0.5, 0.6) is 0 Å². The third kappa shape index (κ3) is 1.44. The van der Waals surface area contributed by atoms with E-state index >= 15 is 0 Å². The van der Waals surface area contributed by atoms with Gasteiger partial charge in [0.05, 0.1) is 0 Å². The first kappa shape index (κ1) is 12.5. The maximum atomic E-state index is 6.44. The Morgan fingerprint density at radius 3 is 2.61 bits per heavy atom. The zero-order valence-electron chi connectivity index (χ0n) is 11.4. The molecule has 0 nitrogen and oxygen atoms in total. The van der Waals surface area contributed by atoms with Crippen LogP contribution in [0.3, 0.4) is 0 Å². The molecular weight excluding hydrogens is 256 g/mol. The van der Waals surface area contributed by atoms with Gasteiger partial charge in [-0.3, -0.25) is 0 Å². The van der Waals surface area contributed by atoms with E-state index in [1.165, 1.54) is 39.0 Å². The Bertz CT molecular complexity index is 571. The van der Waals surface area contributed by atoms with Crippen molar-refractivity contribution in [3.05, 3.63) is 39.5 Å². The van der Waals surface area contributed by atoms with E-state index in [-0.39, 0.29) is 5.38 Å². The SMILES string of the molecule is CC1=C(C)C([Si])c2cc3c(c(C)c21)C(C)C(Cl)C3. The van der Waals surface area contributed by atoms with Crippen LogP contribution in [0.25, 0.3) is 5.57 Å². The molecule has 0 saturated carbocycles. The van der Waals surface area contributed by atoms with Gasteiger partial charge in [0.2, 0.25) is 0 Å². The summed E-state index contributed by atoms with van der Waals surface area (Å²) in [5, 5.41) is 0.264. The fourth-order valence-corrected chi connectivity index (χ4v) is 4.41. The number of alkyl halides is 1. The molecule has 0 fully saturated rings. The predicted molar refractivity (Wildman–Crippen MR) is 79.7 cm³/mol. The van der Waals surface area contributed by atoms with Crippen LogP contribution in [0.4, 0.5) is 0 Å². The van der Waals surface area contributed by atoms with Gasteiger partial charge in [0.15, 0.2) is 0 Å². The fourth-order valence-electron chi connectivity index (χ4n) is 3.67. The molecule has 0 aromatic heterocycles. The maximum absolute atomic E-state index is 6.44. The van der Waals surface area contributed by atoms with Crippen molar-refractivity contribution in [2.24, 2.45) is 0 Å². The van der Waals surface area contributed by atoms with Crippen LogP contribution < -0.4 is 0 Å². The maximum Gasteiger partial charge on any atom is 0.0442 e. The van der Waals surface area contributed by atoms with Gasteiger partial charge in [-0.2, -0.15) is 0 Å². The number of rotatable bonds is 0. The van der Waals surface area contributed by atoms with Crippen LogP contribution in [-0.2, 0) is 6.42 Å². The average molecular weight is 274 g/mol. The van der Waals surface area contributed by atoms with Crippen molar-refractivity contribution in [3.8, 4) is 0 Å². The van der Waals surface area contributed by atoms with Gasteiger partial charge < -0.3 is 0 Å². The van der Waals surface area contributed by atoms with E-state index in [1.54, 1.807) is 0 Å². The summed E-state index contributed by atoms with van der Waals surface area (Å²) in [7, 11) is 3.88. The van der Waals surface area contributed by atoms with Crippen LogP contribution in [-0.4, -0.2) is 15.6 Å². The molecule has 3 unspecified atom stereocenters. The summed E-state index contributed by atoms with van der Waals surface area (Å²) in [6.07, 6.45) is 1.02. The van der Waals surface area contributed by atoms with E-state index in [4.69, 9.17) is 11.6 Å². The van der Waals surface area contributed by atoms with Crippen molar-refractivity contribution in [1.82, 2.24) is 0 Å². The molecular formula is C16H18ClSi. The molecule has 0 N–H and O–H groups in total. The molecule has 1 aromatic carbocycles. The Balaban J connectivity index is 2.28. The van der Waals surface area contributed by atoms with E-state index in [0.717, 1.165) is 6.42 Å². The topological polar surface area (TPSA) is 0 Å². The molecule has 3 atom stereocenters. The van der Waals surface area contributed by atoms with Gasteiger partial charge in [0, 0.05) is 15.6 Å². The zero-order valence-corrected chi connectivity index (χ0v) is 13.2. The fraction of sp³-hybridized carbons (Fsp3) is 0.500. The van der Waals surface area contributed by atoms with Crippen LogP contribution in [0.15, 0.2) is 11.6 Å². The minimum absolute atomic E-state index is 0.264. The van der Waals surface area contributed by atoms with Gasteiger partial charge in [0.1, 0.15) is 0 Å². The second-order valence-corrected chi connectivity index (χ2v) is 6.93. The molecule has 0 bridgehead atoms. The molecule has 3 rings (SSSR count). The number of fused-ring (bicyclic) bond motifs is 2. The number of halogens is 1. The predicted octanol–water partition coefficient (Wildman–Crippen LogP) is 4.28. The molecule has 93 valence electrons. The van der Waals surface area contributed by atoms with Gasteiger partial charge in [-0.05, 0) is 72.0 Å². The summed E-state index contributed by atoms with van der Waals surface area (Å²) in [4.78, 5) is 0. The molecule has 2 aliphatic carbocycles. The lowest BCUT2D eigenvalue weighted by molar-refractivity contribution is 0.753.